The van der Waals surface area contributed by atoms with E-state index in [1.165, 1.54) is 0 Å². The standard InChI is InChI=1S/C22H38O5Si/c1-15(17(3)26-14-18-10-12-19(25-7)13-11-18)20(16(2)21(23)24)27-28(8,9)22(4,5)6/h10-13,15-17,20H,14H2,1-9H3,(H,23,24). The van der Waals surface area contributed by atoms with Crippen LogP contribution in [0.3, 0.4) is 0 Å². The zero-order valence-corrected chi connectivity index (χ0v) is 19.9. The molecule has 0 saturated carbocycles. The molecular formula is C22H38O5Si. The first kappa shape index (κ1) is 24.7. The molecule has 0 radical (unpaired) electrons. The van der Waals surface area contributed by atoms with Crippen LogP contribution in [-0.4, -0.2) is 38.7 Å². The first-order valence-corrected chi connectivity index (χ1v) is 12.9. The predicted molar refractivity (Wildman–Crippen MR) is 115 cm³/mol. The molecule has 1 N–H and O–H groups in total. The number of rotatable bonds is 10. The minimum absolute atomic E-state index is 0.0103. The van der Waals surface area contributed by atoms with Crippen molar-refractivity contribution < 1.29 is 23.8 Å². The molecule has 0 aliphatic rings. The second kappa shape index (κ2) is 9.90. The number of methoxy groups -OCH3 is 1. The van der Waals surface area contributed by atoms with Crippen LogP contribution in [0.15, 0.2) is 24.3 Å². The van der Waals surface area contributed by atoms with Crippen molar-refractivity contribution in [3.05, 3.63) is 29.8 Å². The smallest absolute Gasteiger partial charge is 0.308 e. The van der Waals surface area contributed by atoms with Gasteiger partial charge in [-0.2, -0.15) is 0 Å². The molecule has 1 aromatic carbocycles. The van der Waals surface area contributed by atoms with E-state index in [1.807, 2.05) is 38.1 Å². The number of benzene rings is 1. The number of ether oxygens (including phenoxy) is 2. The van der Waals surface area contributed by atoms with E-state index in [-0.39, 0.29) is 17.1 Å². The zero-order chi connectivity index (χ0) is 21.7. The number of carbonyl (C=O) groups is 1. The molecule has 28 heavy (non-hydrogen) atoms. The van der Waals surface area contributed by atoms with Gasteiger partial charge >= 0.3 is 5.97 Å². The van der Waals surface area contributed by atoms with Gasteiger partial charge in [-0.25, -0.2) is 0 Å². The van der Waals surface area contributed by atoms with Gasteiger partial charge in [0.1, 0.15) is 5.75 Å². The second-order valence-corrected chi connectivity index (χ2v) is 13.9. The van der Waals surface area contributed by atoms with Crippen LogP contribution >= 0.6 is 0 Å². The van der Waals surface area contributed by atoms with Crippen molar-refractivity contribution in [2.45, 2.75) is 78.5 Å². The number of hydrogen-bond donors (Lipinski definition) is 1. The summed E-state index contributed by atoms with van der Waals surface area (Å²) in [5.41, 5.74) is 1.05. The highest BCUT2D eigenvalue weighted by molar-refractivity contribution is 6.74. The summed E-state index contributed by atoms with van der Waals surface area (Å²) in [6.45, 7) is 17.0. The molecule has 0 spiro atoms. The van der Waals surface area contributed by atoms with Gasteiger partial charge in [-0.3, -0.25) is 4.79 Å². The number of aliphatic carboxylic acids is 1. The summed E-state index contributed by atoms with van der Waals surface area (Å²) in [5, 5.41) is 9.63. The summed E-state index contributed by atoms with van der Waals surface area (Å²) in [6.07, 6.45) is -0.539. The molecule has 0 aliphatic carbocycles. The van der Waals surface area contributed by atoms with Gasteiger partial charge in [0.2, 0.25) is 0 Å². The molecule has 0 amide bonds. The number of carboxylic acid groups (broad SMARTS) is 1. The van der Waals surface area contributed by atoms with Crippen LogP contribution < -0.4 is 4.74 Å². The Morgan fingerprint density at radius 1 is 1.11 bits per heavy atom. The highest BCUT2D eigenvalue weighted by Crippen LogP contribution is 2.39. The fourth-order valence-corrected chi connectivity index (χ4v) is 4.14. The SMILES string of the molecule is COc1ccc(COC(C)C(C)C(O[Si](C)(C)C(C)(C)C)C(C)C(=O)O)cc1. The normalized spacial score (nSPS) is 16.9. The van der Waals surface area contributed by atoms with Gasteiger partial charge in [0.25, 0.3) is 0 Å². The van der Waals surface area contributed by atoms with Crippen LogP contribution in [0.1, 0.15) is 47.1 Å². The van der Waals surface area contributed by atoms with Crippen molar-refractivity contribution in [2.24, 2.45) is 11.8 Å². The zero-order valence-electron chi connectivity index (χ0n) is 18.9. The fourth-order valence-electron chi connectivity index (χ4n) is 2.69. The van der Waals surface area contributed by atoms with Crippen molar-refractivity contribution >= 4 is 14.3 Å². The molecule has 5 nitrogen and oxygen atoms in total. The van der Waals surface area contributed by atoms with Gasteiger partial charge in [-0.1, -0.05) is 39.8 Å². The van der Waals surface area contributed by atoms with Gasteiger partial charge in [0, 0.05) is 5.92 Å². The highest BCUT2D eigenvalue weighted by atomic mass is 28.4. The minimum atomic E-state index is -2.12. The van der Waals surface area contributed by atoms with Gasteiger partial charge in [0.15, 0.2) is 8.32 Å². The Morgan fingerprint density at radius 2 is 1.64 bits per heavy atom. The average Bonchev–Trinajstić information content (AvgIpc) is 2.62. The molecular weight excluding hydrogens is 372 g/mol. The monoisotopic (exact) mass is 410 g/mol. The van der Waals surface area contributed by atoms with E-state index < -0.39 is 26.3 Å². The third-order valence-electron chi connectivity index (χ3n) is 6.05. The molecule has 0 aromatic heterocycles. The predicted octanol–water partition coefficient (Wildman–Crippen LogP) is 5.35. The van der Waals surface area contributed by atoms with E-state index in [0.717, 1.165) is 11.3 Å². The van der Waals surface area contributed by atoms with Gasteiger partial charge in [-0.05, 0) is 49.7 Å². The Bertz CT molecular complexity index is 621. The average molecular weight is 411 g/mol. The summed E-state index contributed by atoms with van der Waals surface area (Å²) < 4.78 is 17.8. The molecule has 0 heterocycles. The maximum Gasteiger partial charge on any atom is 0.308 e. The Balaban J connectivity index is 2.88. The molecule has 0 bridgehead atoms. The molecule has 4 unspecified atom stereocenters. The lowest BCUT2D eigenvalue weighted by Gasteiger charge is -2.43. The van der Waals surface area contributed by atoms with Crippen molar-refractivity contribution in [3.8, 4) is 5.75 Å². The maximum absolute atomic E-state index is 11.7. The summed E-state index contributed by atoms with van der Waals surface area (Å²) in [4.78, 5) is 11.7. The third-order valence-corrected chi connectivity index (χ3v) is 10.5. The summed E-state index contributed by atoms with van der Waals surface area (Å²) >= 11 is 0. The summed E-state index contributed by atoms with van der Waals surface area (Å²) in [5.74, 6) is -0.684. The quantitative estimate of drug-likeness (QED) is 0.527. The molecule has 0 aliphatic heterocycles. The Morgan fingerprint density at radius 3 is 2.07 bits per heavy atom. The van der Waals surface area contributed by atoms with Gasteiger partial charge in [0.05, 0.1) is 31.8 Å². The van der Waals surface area contributed by atoms with E-state index in [9.17, 15) is 9.90 Å². The maximum atomic E-state index is 11.7. The molecule has 1 aromatic rings. The highest BCUT2D eigenvalue weighted by Gasteiger charge is 2.43. The van der Waals surface area contributed by atoms with E-state index in [2.05, 4.69) is 33.9 Å². The van der Waals surface area contributed by atoms with Crippen LogP contribution in [0.2, 0.25) is 18.1 Å². The Hall–Kier alpha value is -1.37. The van der Waals surface area contributed by atoms with E-state index in [0.29, 0.717) is 6.61 Å². The van der Waals surface area contributed by atoms with Crippen molar-refractivity contribution in [1.29, 1.82) is 0 Å². The third kappa shape index (κ3) is 6.60. The molecule has 6 heteroatoms. The van der Waals surface area contributed by atoms with Crippen LogP contribution in [0.25, 0.3) is 0 Å². The van der Waals surface area contributed by atoms with Crippen LogP contribution in [0.5, 0.6) is 5.75 Å². The summed E-state index contributed by atoms with van der Waals surface area (Å²) in [6, 6.07) is 7.75. The molecule has 160 valence electrons. The lowest BCUT2D eigenvalue weighted by molar-refractivity contribution is -0.147. The Labute approximate surface area is 171 Å². The van der Waals surface area contributed by atoms with Crippen LogP contribution in [0, 0.1) is 11.8 Å². The second-order valence-electron chi connectivity index (χ2n) is 9.19. The Kier molecular flexibility index (Phi) is 8.72. The lowest BCUT2D eigenvalue weighted by atomic mass is 9.90. The number of carboxylic acids is 1. The largest absolute Gasteiger partial charge is 0.497 e. The van der Waals surface area contributed by atoms with Crippen molar-refractivity contribution in [2.75, 3.05) is 7.11 Å². The summed E-state index contributed by atoms with van der Waals surface area (Å²) in [7, 11) is -0.475. The first-order chi connectivity index (χ1) is 12.8. The molecule has 0 saturated heterocycles. The van der Waals surface area contributed by atoms with Crippen molar-refractivity contribution in [3.63, 3.8) is 0 Å². The van der Waals surface area contributed by atoms with Crippen LogP contribution in [0.4, 0.5) is 0 Å². The van der Waals surface area contributed by atoms with Crippen molar-refractivity contribution in [1.82, 2.24) is 0 Å². The molecule has 4 atom stereocenters. The number of hydrogen-bond acceptors (Lipinski definition) is 4. The molecule has 0 fully saturated rings. The van der Waals surface area contributed by atoms with E-state index >= 15 is 0 Å². The lowest BCUT2D eigenvalue weighted by Crippen LogP contribution is -2.50. The van der Waals surface area contributed by atoms with Gasteiger partial charge < -0.3 is 19.0 Å². The fraction of sp³-hybridized carbons (Fsp3) is 0.682. The minimum Gasteiger partial charge on any atom is -0.497 e. The topological polar surface area (TPSA) is 65.0 Å². The van der Waals surface area contributed by atoms with E-state index in [4.69, 9.17) is 13.9 Å². The van der Waals surface area contributed by atoms with E-state index in [1.54, 1.807) is 14.0 Å². The van der Waals surface area contributed by atoms with Crippen LogP contribution in [-0.2, 0) is 20.6 Å². The van der Waals surface area contributed by atoms with Gasteiger partial charge in [-0.15, -0.1) is 0 Å². The molecule has 1 rings (SSSR count). The first-order valence-electron chi connectivity index (χ1n) is 9.95.